The topological polar surface area (TPSA) is 212 Å². The molecular weight excluding hydrogens is 480 g/mol. The summed E-state index contributed by atoms with van der Waals surface area (Å²) < 4.78 is 0. The lowest BCUT2D eigenvalue weighted by Crippen LogP contribution is -2.06. The Bertz CT molecular complexity index is 192. The van der Waals surface area contributed by atoms with E-state index < -0.39 is 0 Å². The number of hydrogen-bond acceptors (Lipinski definition) is 7. The molecular formula is C29H90N6O3. The van der Waals surface area contributed by atoms with Crippen LogP contribution in [0.25, 0.3) is 0 Å². The van der Waals surface area contributed by atoms with Gasteiger partial charge in [0.1, 0.15) is 0 Å². The predicted octanol–water partition coefficient (Wildman–Crippen LogP) is 6.86. The summed E-state index contributed by atoms with van der Waals surface area (Å²) in [7, 11) is 5.04. The Morgan fingerprint density at radius 3 is 1.05 bits per heavy atom. The molecule has 254 valence electrons. The van der Waals surface area contributed by atoms with Gasteiger partial charge in [-0.25, -0.2) is 0 Å². The lowest BCUT2D eigenvalue weighted by molar-refractivity contribution is -0.0372. The summed E-state index contributed by atoms with van der Waals surface area (Å²) in [5, 5.41) is 11.8. The van der Waals surface area contributed by atoms with Gasteiger partial charge < -0.3 is 44.8 Å². The third-order valence-corrected chi connectivity index (χ3v) is 1.20. The Labute approximate surface area is 246 Å². The molecule has 0 bridgehead atoms. The Morgan fingerprint density at radius 2 is 1.05 bits per heavy atom. The minimum Gasteiger partial charge on any atom is -0.412 e. The van der Waals surface area contributed by atoms with Crippen molar-refractivity contribution >= 4 is 0 Å². The average Bonchev–Trinajstić information content (AvgIpc) is 2.78. The van der Waals surface area contributed by atoms with Gasteiger partial charge in [0.25, 0.3) is 0 Å². The Balaban J connectivity index is -0.0000000126. The molecule has 38 heavy (non-hydrogen) atoms. The largest absolute Gasteiger partial charge is 0.412 e. The SMILES string of the molecule is C.C=CC.C=CCC.CC.CC.CC(C)N.CCC.CCCCN.CCN.CCNC.CN(C)O.N.O.O.[HH]. The Hall–Kier alpha value is -0.880. The number of rotatable bonds is 4. The average molecular weight is 571 g/mol. The quantitative estimate of drug-likeness (QED) is 0.156. The number of unbranched alkanes of at least 4 members (excludes halogenated alkanes) is 1. The van der Waals surface area contributed by atoms with E-state index in [2.05, 4.69) is 53.1 Å². The molecule has 0 unspecified atom stereocenters. The summed E-state index contributed by atoms with van der Waals surface area (Å²) in [6.07, 6.45) is 8.34. The molecule has 0 aliphatic heterocycles. The van der Waals surface area contributed by atoms with Crippen molar-refractivity contribution in [2.24, 2.45) is 17.2 Å². The summed E-state index contributed by atoms with van der Waals surface area (Å²) in [4.78, 5) is 0. The molecule has 15 N–H and O–H groups in total. The second-order valence-corrected chi connectivity index (χ2v) is 6.16. The van der Waals surface area contributed by atoms with E-state index in [4.69, 9.17) is 22.4 Å². The van der Waals surface area contributed by atoms with Gasteiger partial charge in [0, 0.05) is 15.5 Å². The predicted molar refractivity (Wildman–Crippen MR) is 189 cm³/mol. The molecule has 0 rings (SSSR count). The standard InChI is InChI=1S/C4H11N.C4H8.2C3H9N.C3H8.C3H6.C2H7NO.C2H7N.2C2H6.CH4.H3N.2H2O.H2/c1-2-3-4-5;2*1-3-4-2;1-3(2)4;2*1-3-2;1-3(2)4;1-2-3;2*1-2;;;;;/h2-5H2,1H3;3H,1,4H2,2H3;4H,3H2,1-2H3;3H,4H2,1-2H3;3H2,1-2H3;3H,1H2,2H3;4H,1-2H3;2-3H2,1H3;2*1-2H3;1H4;1H3;2*1H2;1H. The van der Waals surface area contributed by atoms with Crippen LogP contribution in [0.1, 0.15) is 125 Å². The molecule has 0 aliphatic rings. The van der Waals surface area contributed by atoms with Crippen LogP contribution in [0.5, 0.6) is 0 Å². The van der Waals surface area contributed by atoms with E-state index in [1.54, 1.807) is 20.2 Å². The van der Waals surface area contributed by atoms with Crippen LogP contribution < -0.4 is 28.7 Å². The lowest BCUT2D eigenvalue weighted by atomic mass is 10.3. The van der Waals surface area contributed by atoms with Crippen molar-refractivity contribution in [3.05, 3.63) is 25.3 Å². The third-order valence-electron chi connectivity index (χ3n) is 1.20. The van der Waals surface area contributed by atoms with Crippen LogP contribution in [-0.4, -0.2) is 68.0 Å². The maximum Gasteiger partial charge on any atom is 0.0121 e. The van der Waals surface area contributed by atoms with Crippen LogP contribution in [0.2, 0.25) is 0 Å². The first-order valence-corrected chi connectivity index (χ1v) is 13.3. The molecule has 0 heterocycles. The van der Waals surface area contributed by atoms with E-state index in [0.717, 1.165) is 31.1 Å². The first-order chi connectivity index (χ1) is 15.9. The van der Waals surface area contributed by atoms with E-state index in [1.165, 1.54) is 19.3 Å². The van der Waals surface area contributed by atoms with Crippen LogP contribution in [0.4, 0.5) is 0 Å². The number of hydroxylamine groups is 2. The molecule has 0 spiro atoms. The lowest BCUT2D eigenvalue weighted by Gasteiger charge is -1.89. The van der Waals surface area contributed by atoms with Gasteiger partial charge >= 0.3 is 0 Å². The van der Waals surface area contributed by atoms with Gasteiger partial charge in [0.05, 0.1) is 0 Å². The molecule has 0 amide bonds. The molecule has 0 radical (unpaired) electrons. The van der Waals surface area contributed by atoms with Crippen LogP contribution in [-0.2, 0) is 0 Å². The van der Waals surface area contributed by atoms with Crippen molar-refractivity contribution in [2.75, 3.05) is 40.8 Å². The van der Waals surface area contributed by atoms with E-state index in [0.29, 0.717) is 6.04 Å². The van der Waals surface area contributed by atoms with Gasteiger partial charge in [-0.05, 0) is 52.5 Å². The molecule has 0 saturated heterocycles. The van der Waals surface area contributed by atoms with Gasteiger partial charge in [0.2, 0.25) is 0 Å². The fourth-order valence-electron chi connectivity index (χ4n) is 0.204. The zero-order chi connectivity index (χ0) is 30.2. The fourth-order valence-corrected chi connectivity index (χ4v) is 0.204. The van der Waals surface area contributed by atoms with Crippen molar-refractivity contribution < 1.29 is 17.6 Å². The minimum absolute atomic E-state index is 0. The number of nitrogens with two attached hydrogens (primary N) is 3. The highest BCUT2D eigenvalue weighted by Gasteiger charge is 1.68. The van der Waals surface area contributed by atoms with E-state index in [1.807, 2.05) is 68.5 Å². The highest BCUT2D eigenvalue weighted by atomic mass is 16.5. The number of hydrogen-bond donors (Lipinski definition) is 6. The molecule has 9 nitrogen and oxygen atoms in total. The normalized spacial score (nSPS) is 6.05. The monoisotopic (exact) mass is 571 g/mol. The van der Waals surface area contributed by atoms with Gasteiger partial charge in [0.15, 0.2) is 0 Å². The minimum atomic E-state index is 0. The van der Waals surface area contributed by atoms with Crippen LogP contribution in [0.15, 0.2) is 25.3 Å². The Kier molecular flexibility index (Phi) is 465. The van der Waals surface area contributed by atoms with Gasteiger partial charge in [-0.15, -0.1) is 13.2 Å². The first-order valence-electron chi connectivity index (χ1n) is 13.3. The summed E-state index contributed by atoms with van der Waals surface area (Å²) in [6.45, 7) is 35.7. The zero-order valence-corrected chi connectivity index (χ0v) is 28.9. The maximum absolute atomic E-state index is 7.89. The van der Waals surface area contributed by atoms with Crippen molar-refractivity contribution in [2.45, 2.75) is 129 Å². The van der Waals surface area contributed by atoms with E-state index in [-0.39, 0.29) is 26.0 Å². The highest BCUT2D eigenvalue weighted by molar-refractivity contribution is 4.60. The van der Waals surface area contributed by atoms with Gasteiger partial charge in [-0.2, -0.15) is 5.06 Å². The van der Waals surface area contributed by atoms with Crippen molar-refractivity contribution in [1.82, 2.24) is 16.5 Å². The van der Waals surface area contributed by atoms with Crippen LogP contribution in [0.3, 0.4) is 0 Å². The number of nitrogens with one attached hydrogen (secondary N) is 1. The number of allylic oxidation sites excluding steroid dienone is 2. The van der Waals surface area contributed by atoms with Crippen molar-refractivity contribution in [1.29, 1.82) is 0 Å². The summed E-state index contributed by atoms with van der Waals surface area (Å²) in [6, 6.07) is 0.333. The number of nitrogens with zero attached hydrogens (tertiary/aromatic N) is 1. The fraction of sp³-hybridized carbons (Fsp3) is 0.862. The smallest absolute Gasteiger partial charge is 0.0121 e. The van der Waals surface area contributed by atoms with Gasteiger partial charge in [-0.1, -0.05) is 116 Å². The summed E-state index contributed by atoms with van der Waals surface area (Å²) in [5.41, 5.74) is 15.1. The summed E-state index contributed by atoms with van der Waals surface area (Å²) in [5.74, 6) is 0. The molecule has 0 fully saturated rings. The van der Waals surface area contributed by atoms with Crippen LogP contribution in [0, 0.1) is 0 Å². The Morgan fingerprint density at radius 1 is 0.921 bits per heavy atom. The molecule has 0 aliphatic carbocycles. The van der Waals surface area contributed by atoms with Gasteiger partial charge in [-0.3, -0.25) is 0 Å². The third kappa shape index (κ3) is 4200. The zero-order valence-electron chi connectivity index (χ0n) is 28.9. The molecule has 0 aromatic carbocycles. The van der Waals surface area contributed by atoms with Crippen molar-refractivity contribution in [3.8, 4) is 0 Å². The summed E-state index contributed by atoms with van der Waals surface area (Å²) >= 11 is 0. The molecule has 9 heteroatoms. The second-order valence-electron chi connectivity index (χ2n) is 6.16. The van der Waals surface area contributed by atoms with E-state index in [9.17, 15) is 0 Å². The second kappa shape index (κ2) is 195. The molecule has 0 aromatic rings. The molecule has 0 atom stereocenters. The van der Waals surface area contributed by atoms with Crippen molar-refractivity contribution in [3.63, 3.8) is 0 Å². The molecule has 0 saturated carbocycles. The maximum atomic E-state index is 7.89. The van der Waals surface area contributed by atoms with E-state index >= 15 is 0 Å². The first kappa shape index (κ1) is 90.6. The molecule has 0 aromatic heterocycles. The highest BCUT2D eigenvalue weighted by Crippen LogP contribution is 1.77. The van der Waals surface area contributed by atoms with Crippen LogP contribution >= 0.6 is 0 Å².